The van der Waals surface area contributed by atoms with Crippen LogP contribution in [-0.4, -0.2) is 11.2 Å². The fourth-order valence-corrected chi connectivity index (χ4v) is 0. The van der Waals surface area contributed by atoms with Gasteiger partial charge in [0.15, 0.2) is 0 Å². The molecule has 0 aromatic heterocycles. The summed E-state index contributed by atoms with van der Waals surface area (Å²) in [5.74, 6) is 0. The molecule has 0 aliphatic rings. The molecule has 0 radical (unpaired) electrons. The summed E-state index contributed by atoms with van der Waals surface area (Å²) < 4.78 is -0.218. The molecule has 2 N–H and O–H groups in total. The minimum atomic E-state index is -0.218. The Morgan fingerprint density at radius 2 is 2.20 bits per heavy atom. The molecule has 0 atom stereocenters. The Balaban J connectivity index is 2.85. The van der Waals surface area contributed by atoms with Crippen LogP contribution in [0.25, 0.3) is 0 Å². The van der Waals surface area contributed by atoms with E-state index in [0.717, 1.165) is 0 Å². The van der Waals surface area contributed by atoms with Crippen LogP contribution in [0.5, 0.6) is 0 Å². The molecule has 0 spiro atoms. The fourth-order valence-electron chi connectivity index (χ4n) is 0. The summed E-state index contributed by atoms with van der Waals surface area (Å²) in [5.41, 5.74) is 4.76. The molecule has 0 aliphatic carbocycles. The van der Waals surface area contributed by atoms with Crippen LogP contribution >= 0.6 is 0 Å². The summed E-state index contributed by atoms with van der Waals surface area (Å²) >= 11 is 2.99. The van der Waals surface area contributed by atoms with E-state index in [9.17, 15) is 4.79 Å². The average Bonchev–Trinajstić information content (AvgIpc) is 1.38. The Morgan fingerprint density at radius 3 is 2.20 bits per heavy atom. The van der Waals surface area contributed by atoms with Crippen molar-refractivity contribution in [3.05, 3.63) is 0 Å². The van der Waals surface area contributed by atoms with Crippen LogP contribution in [0.2, 0.25) is 0 Å². The first kappa shape index (κ1) is 5.15. The second-order valence-electron chi connectivity index (χ2n) is 0.546. The molecular formula is C2H4FeNO. The summed E-state index contributed by atoms with van der Waals surface area (Å²) in [4.78, 5) is 9.58. The molecule has 0 amide bonds. The van der Waals surface area contributed by atoms with Crippen molar-refractivity contribution in [3.8, 4) is 0 Å². The molecule has 0 aliphatic heterocycles. The van der Waals surface area contributed by atoms with Crippen molar-refractivity contribution in [1.82, 2.24) is 0 Å². The maximum atomic E-state index is 9.58. The number of carbonyl (C=O) groups is 1. The van der Waals surface area contributed by atoms with Gasteiger partial charge < -0.3 is 0 Å². The van der Waals surface area contributed by atoms with Crippen LogP contribution in [0.1, 0.15) is 0 Å². The molecule has 0 heterocycles. The zero-order valence-electron chi connectivity index (χ0n) is 2.55. The van der Waals surface area contributed by atoms with Crippen molar-refractivity contribution < 1.29 is 20.8 Å². The SMILES string of the molecule is NC[C](=O)[Fe]. The first-order valence-electron chi connectivity index (χ1n) is 1.14. The Morgan fingerprint density at radius 1 is 2.00 bits per heavy atom. The van der Waals surface area contributed by atoms with Gasteiger partial charge in [0.05, 0.1) is 0 Å². The second-order valence-corrected chi connectivity index (χ2v) is 1.16. The Labute approximate surface area is 38.5 Å². The van der Waals surface area contributed by atoms with Gasteiger partial charge in [-0.1, -0.05) is 0 Å². The molecule has 3 heteroatoms. The molecule has 0 aromatic rings. The van der Waals surface area contributed by atoms with Gasteiger partial charge in [-0.2, -0.15) is 0 Å². The Bertz CT molecular complexity index is 44.9. The van der Waals surface area contributed by atoms with Crippen molar-refractivity contribution in [2.45, 2.75) is 0 Å². The van der Waals surface area contributed by atoms with Crippen LogP contribution in [0.4, 0.5) is 0 Å². The van der Waals surface area contributed by atoms with E-state index in [1.807, 2.05) is 0 Å². The van der Waals surface area contributed by atoms with E-state index in [1.54, 1.807) is 0 Å². The van der Waals surface area contributed by atoms with Crippen LogP contribution in [-0.2, 0) is 20.8 Å². The van der Waals surface area contributed by atoms with Crippen molar-refractivity contribution in [3.63, 3.8) is 0 Å². The predicted molar refractivity (Wildman–Crippen MR) is 14.1 cm³/mol. The van der Waals surface area contributed by atoms with Crippen LogP contribution in [0.3, 0.4) is 0 Å². The van der Waals surface area contributed by atoms with Gasteiger partial charge in [0.25, 0.3) is 0 Å². The van der Waals surface area contributed by atoms with Crippen molar-refractivity contribution in [2.24, 2.45) is 5.73 Å². The van der Waals surface area contributed by atoms with E-state index in [-0.39, 0.29) is 11.2 Å². The molecule has 2 nitrogen and oxygen atoms in total. The molecule has 0 unspecified atom stereocenters. The van der Waals surface area contributed by atoms with Crippen molar-refractivity contribution >= 4 is 4.68 Å². The van der Waals surface area contributed by atoms with E-state index in [2.05, 4.69) is 16.0 Å². The average molecular weight is 114 g/mol. The number of nitrogens with two attached hydrogens (primary N) is 1. The van der Waals surface area contributed by atoms with E-state index in [0.29, 0.717) is 0 Å². The minimum absolute atomic E-state index is 0.0556. The van der Waals surface area contributed by atoms with Crippen LogP contribution < -0.4 is 5.73 Å². The monoisotopic (exact) mass is 114 g/mol. The zero-order valence-corrected chi connectivity index (χ0v) is 3.65. The van der Waals surface area contributed by atoms with E-state index < -0.39 is 0 Å². The molecule has 0 saturated heterocycles. The van der Waals surface area contributed by atoms with Crippen molar-refractivity contribution in [1.29, 1.82) is 0 Å². The van der Waals surface area contributed by atoms with Gasteiger partial charge in [-0.15, -0.1) is 0 Å². The van der Waals surface area contributed by atoms with Gasteiger partial charge in [0.2, 0.25) is 0 Å². The molecule has 5 heavy (non-hydrogen) atoms. The third-order valence-corrected chi connectivity index (χ3v) is 0.381. The first-order chi connectivity index (χ1) is 2.27. The molecule has 0 saturated carbocycles. The van der Waals surface area contributed by atoms with Crippen LogP contribution in [0, 0.1) is 0 Å². The van der Waals surface area contributed by atoms with Crippen LogP contribution in [0.15, 0.2) is 0 Å². The van der Waals surface area contributed by atoms with Gasteiger partial charge in [-0.05, 0) is 0 Å². The number of hydrogen-bond acceptors (Lipinski definition) is 2. The fraction of sp³-hybridized carbons (Fsp3) is 0.500. The molecular weight excluding hydrogens is 110 g/mol. The molecule has 0 bridgehead atoms. The molecule has 0 rings (SSSR count). The first-order valence-corrected chi connectivity index (χ1v) is 1.69. The third kappa shape index (κ3) is 4.15. The molecule has 0 fully saturated rings. The molecule has 31 valence electrons. The third-order valence-electron chi connectivity index (χ3n) is 0.156. The second kappa shape index (κ2) is 2.39. The van der Waals surface area contributed by atoms with Gasteiger partial charge in [0, 0.05) is 0 Å². The van der Waals surface area contributed by atoms with Gasteiger partial charge >= 0.3 is 37.8 Å². The maximum absolute atomic E-state index is 9.58. The number of rotatable bonds is 1. The number of hydrogen-bond donors (Lipinski definition) is 1. The van der Waals surface area contributed by atoms with Crippen molar-refractivity contribution in [2.75, 3.05) is 6.54 Å². The molecule has 0 aromatic carbocycles. The normalized spacial score (nSPS) is 7.60. The topological polar surface area (TPSA) is 43.1 Å². The number of carbonyl (C=O) groups excluding carboxylic acids is 1. The summed E-state index contributed by atoms with van der Waals surface area (Å²) in [6, 6.07) is 0. The quantitative estimate of drug-likeness (QED) is 0.445. The van der Waals surface area contributed by atoms with E-state index in [4.69, 9.17) is 5.73 Å². The van der Waals surface area contributed by atoms with E-state index in [1.165, 1.54) is 0 Å². The summed E-state index contributed by atoms with van der Waals surface area (Å²) in [7, 11) is 0. The Kier molecular flexibility index (Phi) is 2.46. The van der Waals surface area contributed by atoms with E-state index >= 15 is 0 Å². The summed E-state index contributed by atoms with van der Waals surface area (Å²) in [6.07, 6.45) is 0. The summed E-state index contributed by atoms with van der Waals surface area (Å²) in [6.45, 7) is 0.0556. The predicted octanol–water partition coefficient (Wildman–Crippen LogP) is -0.982. The summed E-state index contributed by atoms with van der Waals surface area (Å²) in [5, 5.41) is 0. The standard InChI is InChI=1S/C2H4NO.Fe/c3-1-2-4;/h1,3H2;. The van der Waals surface area contributed by atoms with Gasteiger partial charge in [-0.25, -0.2) is 0 Å². The Hall–Kier alpha value is 0.149. The van der Waals surface area contributed by atoms with Gasteiger partial charge in [0.1, 0.15) is 0 Å². The zero-order chi connectivity index (χ0) is 4.28. The van der Waals surface area contributed by atoms with Gasteiger partial charge in [-0.3, -0.25) is 0 Å².